The maximum absolute atomic E-state index is 13.8. The number of nitrogens with one attached hydrogen (secondary N) is 2. The first-order valence-corrected chi connectivity index (χ1v) is 16.8. The van der Waals surface area contributed by atoms with E-state index in [9.17, 15) is 9.59 Å². The average Bonchev–Trinajstić information content (AvgIpc) is 3.53. The van der Waals surface area contributed by atoms with Gasteiger partial charge in [-0.2, -0.15) is 0 Å². The van der Waals surface area contributed by atoms with Gasteiger partial charge in [0.25, 0.3) is 0 Å². The van der Waals surface area contributed by atoms with Crippen molar-refractivity contribution in [3.63, 3.8) is 0 Å². The van der Waals surface area contributed by atoms with Gasteiger partial charge >= 0.3 is 12.1 Å². The Kier molecular flexibility index (Phi) is 11.5. The average molecular weight is 630 g/mol. The fourth-order valence-corrected chi connectivity index (χ4v) is 6.21. The Morgan fingerprint density at radius 1 is 0.978 bits per heavy atom. The van der Waals surface area contributed by atoms with Crippen molar-refractivity contribution in [1.82, 2.24) is 25.3 Å². The summed E-state index contributed by atoms with van der Waals surface area (Å²) in [5, 5.41) is 9.22. The molecule has 3 amide bonds. The first-order chi connectivity index (χ1) is 22.1. The number of amides is 3. The topological polar surface area (TPSA) is 86.4 Å². The van der Waals surface area contributed by atoms with Crippen LogP contribution in [0.3, 0.4) is 0 Å². The number of morpholine rings is 1. The number of rotatable bonds is 11. The molecular formula is C37H51N5O4. The van der Waals surface area contributed by atoms with Gasteiger partial charge in [-0.25, -0.2) is 9.59 Å². The fourth-order valence-electron chi connectivity index (χ4n) is 6.21. The number of hydrogen-bond acceptors (Lipinski definition) is 6. The number of benzene rings is 3. The van der Waals surface area contributed by atoms with Gasteiger partial charge in [0, 0.05) is 58.4 Å². The van der Waals surface area contributed by atoms with Gasteiger partial charge in [-0.15, -0.1) is 0 Å². The van der Waals surface area contributed by atoms with Gasteiger partial charge in [0.2, 0.25) is 0 Å². The lowest BCUT2D eigenvalue weighted by Gasteiger charge is -2.29. The monoisotopic (exact) mass is 629 g/mol. The van der Waals surface area contributed by atoms with E-state index in [0.29, 0.717) is 26.2 Å². The first kappa shape index (κ1) is 33.7. The Labute approximate surface area is 274 Å². The molecule has 2 heterocycles. The molecule has 0 bridgehead atoms. The molecule has 3 aromatic carbocycles. The lowest BCUT2D eigenvalue weighted by Crippen LogP contribution is -2.43. The highest BCUT2D eigenvalue weighted by Crippen LogP contribution is 2.24. The summed E-state index contributed by atoms with van der Waals surface area (Å²) in [5.74, 6) is 0. The second-order valence-electron chi connectivity index (χ2n) is 13.6. The molecule has 9 nitrogen and oxygen atoms in total. The molecule has 2 atom stereocenters. The molecular weight excluding hydrogens is 578 g/mol. The summed E-state index contributed by atoms with van der Waals surface area (Å²) < 4.78 is 11.0. The third-order valence-electron chi connectivity index (χ3n) is 8.75. The van der Waals surface area contributed by atoms with Gasteiger partial charge in [0.05, 0.1) is 19.3 Å². The summed E-state index contributed by atoms with van der Waals surface area (Å²) in [4.78, 5) is 32.3. The smallest absolute Gasteiger partial charge is 0.410 e. The molecule has 0 saturated carbocycles. The molecule has 2 fully saturated rings. The van der Waals surface area contributed by atoms with Crippen LogP contribution in [0.1, 0.15) is 63.3 Å². The highest BCUT2D eigenvalue weighted by atomic mass is 16.6. The molecule has 46 heavy (non-hydrogen) atoms. The molecule has 9 heteroatoms. The maximum Gasteiger partial charge on any atom is 0.410 e. The summed E-state index contributed by atoms with van der Waals surface area (Å²) in [7, 11) is 0. The number of urea groups is 1. The zero-order chi connectivity index (χ0) is 32.5. The molecule has 2 aliphatic rings. The number of ether oxygens (including phenoxy) is 2. The van der Waals surface area contributed by atoms with Crippen LogP contribution >= 0.6 is 0 Å². The molecule has 0 spiro atoms. The highest BCUT2D eigenvalue weighted by molar-refractivity contribution is 5.86. The number of carbonyl (C=O) groups is 2. The van der Waals surface area contributed by atoms with E-state index in [1.807, 2.05) is 37.8 Å². The molecule has 2 unspecified atom stereocenters. The van der Waals surface area contributed by atoms with Crippen molar-refractivity contribution in [3.8, 4) is 0 Å². The molecule has 2 aliphatic heterocycles. The predicted octanol–water partition coefficient (Wildman–Crippen LogP) is 5.93. The number of fused-ring (bicyclic) bond motifs is 1. The molecule has 0 aromatic heterocycles. The van der Waals surface area contributed by atoms with Crippen LogP contribution < -0.4 is 10.6 Å². The van der Waals surface area contributed by atoms with E-state index in [2.05, 4.69) is 77.1 Å². The van der Waals surface area contributed by atoms with Crippen LogP contribution in [0.5, 0.6) is 0 Å². The minimum Gasteiger partial charge on any atom is -0.444 e. The molecule has 5 rings (SSSR count). The van der Waals surface area contributed by atoms with E-state index >= 15 is 0 Å². The standard InChI is InChI=1S/C37H51N5O4/c1-28(33-12-7-10-31-9-5-6-11-34(31)33)39-35(43)41(19-8-18-40-21-23-45-24-22-40)26-30-15-13-29(14-16-30)25-38-32-17-20-42(27-32)36(44)46-37(2,3)4/h5-7,9-16,28,32,38H,8,17-27H2,1-4H3,(H,39,43). The number of carbonyl (C=O) groups excluding carboxylic acids is 2. The van der Waals surface area contributed by atoms with E-state index in [1.54, 1.807) is 4.90 Å². The van der Waals surface area contributed by atoms with E-state index in [1.165, 1.54) is 10.9 Å². The van der Waals surface area contributed by atoms with E-state index in [4.69, 9.17) is 9.47 Å². The fraction of sp³-hybridized carbons (Fsp3) is 0.514. The van der Waals surface area contributed by atoms with Crippen molar-refractivity contribution < 1.29 is 19.1 Å². The quantitative estimate of drug-likeness (QED) is 0.273. The normalized spacial score (nSPS) is 18.0. The number of likely N-dealkylation sites (tertiary alicyclic amines) is 1. The Balaban J connectivity index is 1.17. The van der Waals surface area contributed by atoms with Crippen LogP contribution in [0.15, 0.2) is 66.7 Å². The van der Waals surface area contributed by atoms with Crippen molar-refractivity contribution in [2.75, 3.05) is 52.5 Å². The highest BCUT2D eigenvalue weighted by Gasteiger charge is 2.29. The van der Waals surface area contributed by atoms with Crippen molar-refractivity contribution in [1.29, 1.82) is 0 Å². The van der Waals surface area contributed by atoms with E-state index < -0.39 is 5.60 Å². The summed E-state index contributed by atoms with van der Waals surface area (Å²) >= 11 is 0. The minimum absolute atomic E-state index is 0.0519. The molecule has 2 saturated heterocycles. The van der Waals surface area contributed by atoms with Gasteiger partial charge in [-0.1, -0.05) is 66.7 Å². The van der Waals surface area contributed by atoms with Gasteiger partial charge in [0.15, 0.2) is 0 Å². The second-order valence-corrected chi connectivity index (χ2v) is 13.6. The van der Waals surface area contributed by atoms with Gasteiger partial charge in [-0.3, -0.25) is 4.90 Å². The maximum atomic E-state index is 13.8. The number of hydrogen-bond donors (Lipinski definition) is 2. The number of nitrogens with zero attached hydrogens (tertiary/aromatic N) is 3. The summed E-state index contributed by atoms with van der Waals surface area (Å²) in [6, 6.07) is 23.1. The third-order valence-corrected chi connectivity index (χ3v) is 8.75. The molecule has 3 aromatic rings. The van der Waals surface area contributed by atoms with Crippen molar-refractivity contribution >= 4 is 22.9 Å². The van der Waals surface area contributed by atoms with E-state index in [-0.39, 0.29) is 24.2 Å². The van der Waals surface area contributed by atoms with Crippen LogP contribution in [0.25, 0.3) is 10.8 Å². The van der Waals surface area contributed by atoms with Gasteiger partial charge in [0.1, 0.15) is 5.60 Å². The minimum atomic E-state index is -0.488. The molecule has 0 radical (unpaired) electrons. The van der Waals surface area contributed by atoms with Crippen LogP contribution in [0.2, 0.25) is 0 Å². The third kappa shape index (κ3) is 9.67. The molecule has 248 valence electrons. The van der Waals surface area contributed by atoms with E-state index in [0.717, 1.165) is 68.7 Å². The van der Waals surface area contributed by atoms with Gasteiger partial charge in [-0.05, 0) is 68.0 Å². The van der Waals surface area contributed by atoms with Crippen molar-refractivity contribution in [3.05, 3.63) is 83.4 Å². The summed E-state index contributed by atoms with van der Waals surface area (Å²) in [6.07, 6.45) is 1.56. The first-order valence-electron chi connectivity index (χ1n) is 16.8. The molecule has 2 N–H and O–H groups in total. The zero-order valence-electron chi connectivity index (χ0n) is 28.0. The van der Waals surface area contributed by atoms with Crippen LogP contribution in [0, 0.1) is 0 Å². The SMILES string of the molecule is CC(NC(=O)N(CCCN1CCOCC1)Cc1ccc(CNC2CCN(C(=O)OC(C)(C)C)C2)cc1)c1cccc2ccccc12. The largest absolute Gasteiger partial charge is 0.444 e. The van der Waals surface area contributed by atoms with Crippen LogP contribution in [-0.2, 0) is 22.6 Å². The lowest BCUT2D eigenvalue weighted by molar-refractivity contribution is 0.0291. The Hall–Kier alpha value is -3.66. The second kappa shape index (κ2) is 15.8. The van der Waals surface area contributed by atoms with Gasteiger partial charge < -0.3 is 29.9 Å². The van der Waals surface area contributed by atoms with Crippen LogP contribution in [-0.4, -0.2) is 90.9 Å². The molecule has 0 aliphatic carbocycles. The van der Waals surface area contributed by atoms with Crippen molar-refractivity contribution in [2.45, 2.75) is 71.3 Å². The Morgan fingerprint density at radius 3 is 2.46 bits per heavy atom. The zero-order valence-corrected chi connectivity index (χ0v) is 28.0. The van der Waals surface area contributed by atoms with Crippen LogP contribution in [0.4, 0.5) is 9.59 Å². The lowest BCUT2D eigenvalue weighted by atomic mass is 10.00. The summed E-state index contributed by atoms with van der Waals surface area (Å²) in [5.41, 5.74) is 2.90. The van der Waals surface area contributed by atoms with Crippen molar-refractivity contribution in [2.24, 2.45) is 0 Å². The predicted molar refractivity (Wildman–Crippen MR) is 183 cm³/mol. The Morgan fingerprint density at radius 2 is 1.70 bits per heavy atom. The summed E-state index contributed by atoms with van der Waals surface area (Å²) in [6.45, 7) is 15.4. The Bertz CT molecular complexity index is 1430.